The number of hydrazine groups is 1. The normalized spacial score (nSPS) is 9.38. The smallest absolute Gasteiger partial charge is 0.249 e. The maximum absolute atomic E-state index is 11.0. The van der Waals surface area contributed by atoms with Crippen LogP contribution >= 0.6 is 15.9 Å². The molecule has 0 bridgehead atoms. The molecule has 0 saturated carbocycles. The van der Waals surface area contributed by atoms with E-state index in [4.69, 9.17) is 0 Å². The van der Waals surface area contributed by atoms with Gasteiger partial charge in [-0.1, -0.05) is 34.1 Å². The molecule has 0 unspecified atom stereocenters. The van der Waals surface area contributed by atoms with Crippen molar-refractivity contribution in [1.82, 2.24) is 5.43 Å². The van der Waals surface area contributed by atoms with Gasteiger partial charge in [-0.05, 0) is 12.1 Å². The lowest BCUT2D eigenvalue weighted by atomic mass is 10.3. The molecule has 3 nitrogen and oxygen atoms in total. The van der Waals surface area contributed by atoms with Crippen molar-refractivity contribution in [2.24, 2.45) is 0 Å². The summed E-state index contributed by atoms with van der Waals surface area (Å²) in [6, 6.07) is 9.63. The van der Waals surface area contributed by atoms with Crippen molar-refractivity contribution in [2.45, 2.75) is 0 Å². The number of anilines is 1. The molecule has 0 saturated heterocycles. The Balaban J connectivity index is 2.59. The maximum Gasteiger partial charge on any atom is 0.249 e. The van der Waals surface area contributed by atoms with E-state index in [1.165, 1.54) is 0 Å². The summed E-state index contributed by atoms with van der Waals surface area (Å²) >= 11 is 3.08. The lowest BCUT2D eigenvalue weighted by molar-refractivity contribution is -0.118. The summed E-state index contributed by atoms with van der Waals surface area (Å²) in [4.78, 5) is 11.0. The molecule has 1 aromatic rings. The first kappa shape index (κ1) is 10.1. The van der Waals surface area contributed by atoms with Gasteiger partial charge in [-0.3, -0.25) is 15.2 Å². The van der Waals surface area contributed by atoms with Crippen molar-refractivity contribution in [2.75, 3.05) is 17.4 Å². The lowest BCUT2D eigenvalue weighted by Crippen LogP contribution is -2.39. The number of nitrogens with zero attached hydrogens (tertiary/aromatic N) is 1. The molecule has 1 aromatic carbocycles. The molecule has 0 aliphatic carbocycles. The van der Waals surface area contributed by atoms with Crippen LogP contribution in [0.3, 0.4) is 0 Å². The molecular weight excluding hydrogens is 232 g/mol. The van der Waals surface area contributed by atoms with Crippen molar-refractivity contribution in [3.05, 3.63) is 30.3 Å². The zero-order valence-electron chi connectivity index (χ0n) is 7.33. The predicted octanol–water partition coefficient (Wildman–Crippen LogP) is 1.55. The number of alkyl halides is 1. The first-order chi connectivity index (χ1) is 6.24. The van der Waals surface area contributed by atoms with Gasteiger partial charge in [-0.25, -0.2) is 0 Å². The summed E-state index contributed by atoms with van der Waals surface area (Å²) in [6.45, 7) is 0. The van der Waals surface area contributed by atoms with Crippen LogP contribution in [0.25, 0.3) is 0 Å². The fraction of sp³-hybridized carbons (Fsp3) is 0.222. The van der Waals surface area contributed by atoms with E-state index in [2.05, 4.69) is 21.4 Å². The van der Waals surface area contributed by atoms with Gasteiger partial charge >= 0.3 is 0 Å². The Morgan fingerprint density at radius 3 is 2.62 bits per heavy atom. The quantitative estimate of drug-likeness (QED) is 0.645. The highest BCUT2D eigenvalue weighted by atomic mass is 79.9. The number of benzene rings is 1. The summed E-state index contributed by atoms with van der Waals surface area (Å²) in [5, 5.41) is 1.99. The fourth-order valence-electron chi connectivity index (χ4n) is 0.933. The fourth-order valence-corrected chi connectivity index (χ4v) is 1.06. The van der Waals surface area contributed by atoms with Gasteiger partial charge in [0.15, 0.2) is 0 Å². The number of carbonyl (C=O) groups is 1. The van der Waals surface area contributed by atoms with E-state index < -0.39 is 0 Å². The molecule has 0 aromatic heterocycles. The Bertz CT molecular complexity index is 276. The van der Waals surface area contributed by atoms with Crippen molar-refractivity contribution >= 4 is 27.5 Å². The summed E-state index contributed by atoms with van der Waals surface area (Å²) < 4.78 is 0. The van der Waals surface area contributed by atoms with E-state index in [1.54, 1.807) is 12.1 Å². The number of rotatable bonds is 3. The molecule has 70 valence electrons. The SMILES string of the molecule is CN(NC(=O)CBr)c1ccccc1. The lowest BCUT2D eigenvalue weighted by Gasteiger charge is -2.19. The largest absolute Gasteiger partial charge is 0.289 e. The second-order valence-corrected chi connectivity index (χ2v) is 3.12. The van der Waals surface area contributed by atoms with Crippen LogP contribution in [0.1, 0.15) is 0 Å². The highest BCUT2D eigenvalue weighted by molar-refractivity contribution is 9.09. The van der Waals surface area contributed by atoms with Crippen molar-refractivity contribution < 1.29 is 4.79 Å². The van der Waals surface area contributed by atoms with Gasteiger partial charge in [0, 0.05) is 7.05 Å². The standard InChI is InChI=1S/C9H11BrN2O/c1-12(11-9(13)7-10)8-5-3-2-4-6-8/h2-6H,7H2,1H3,(H,11,13). The molecule has 1 N–H and O–H groups in total. The zero-order chi connectivity index (χ0) is 9.68. The van der Waals surface area contributed by atoms with Crippen LogP contribution < -0.4 is 10.4 Å². The average Bonchev–Trinajstić information content (AvgIpc) is 2.19. The molecule has 1 amide bonds. The molecule has 0 aliphatic rings. The van der Waals surface area contributed by atoms with E-state index in [-0.39, 0.29) is 5.91 Å². The zero-order valence-corrected chi connectivity index (χ0v) is 8.91. The highest BCUT2D eigenvalue weighted by Crippen LogP contribution is 2.07. The van der Waals surface area contributed by atoms with Crippen LogP contribution in [0.5, 0.6) is 0 Å². The molecule has 0 atom stereocenters. The summed E-state index contributed by atoms with van der Waals surface area (Å²) in [6.07, 6.45) is 0. The van der Waals surface area contributed by atoms with E-state index in [9.17, 15) is 4.79 Å². The number of para-hydroxylation sites is 1. The molecule has 0 radical (unpaired) electrons. The monoisotopic (exact) mass is 242 g/mol. The van der Waals surface area contributed by atoms with E-state index in [1.807, 2.05) is 30.3 Å². The molecule has 1 rings (SSSR count). The van der Waals surface area contributed by atoms with Gasteiger partial charge in [0.1, 0.15) is 0 Å². The Morgan fingerprint density at radius 2 is 2.08 bits per heavy atom. The number of hydrogen-bond donors (Lipinski definition) is 1. The average molecular weight is 243 g/mol. The highest BCUT2D eigenvalue weighted by Gasteiger charge is 2.02. The predicted molar refractivity (Wildman–Crippen MR) is 56.8 cm³/mol. The third-order valence-electron chi connectivity index (χ3n) is 1.56. The topological polar surface area (TPSA) is 32.3 Å². The van der Waals surface area contributed by atoms with Crippen LogP contribution in [0.15, 0.2) is 30.3 Å². The molecular formula is C9H11BrN2O. The van der Waals surface area contributed by atoms with Gasteiger partial charge in [-0.2, -0.15) is 0 Å². The molecule has 0 aliphatic heterocycles. The van der Waals surface area contributed by atoms with Crippen molar-refractivity contribution in [3.8, 4) is 0 Å². The first-order valence-corrected chi connectivity index (χ1v) is 5.00. The van der Waals surface area contributed by atoms with E-state index in [0.717, 1.165) is 5.69 Å². The van der Waals surface area contributed by atoms with Crippen LogP contribution in [0.4, 0.5) is 5.69 Å². The summed E-state index contributed by atoms with van der Waals surface area (Å²) in [5.74, 6) is -0.0636. The number of halogens is 1. The minimum atomic E-state index is -0.0636. The van der Waals surface area contributed by atoms with Gasteiger partial charge < -0.3 is 0 Å². The van der Waals surface area contributed by atoms with Crippen molar-refractivity contribution in [3.63, 3.8) is 0 Å². The third kappa shape index (κ3) is 3.06. The number of nitrogens with one attached hydrogen (secondary N) is 1. The van der Waals surface area contributed by atoms with Gasteiger partial charge in [0.2, 0.25) is 5.91 Å². The molecule has 0 heterocycles. The molecule has 0 spiro atoms. The van der Waals surface area contributed by atoms with Crippen molar-refractivity contribution in [1.29, 1.82) is 0 Å². The number of carbonyl (C=O) groups excluding carboxylic acids is 1. The molecule has 4 heteroatoms. The molecule has 13 heavy (non-hydrogen) atoms. The van der Waals surface area contributed by atoms with E-state index in [0.29, 0.717) is 5.33 Å². The van der Waals surface area contributed by atoms with Gasteiger partial charge in [-0.15, -0.1) is 0 Å². The second-order valence-electron chi connectivity index (χ2n) is 2.56. The minimum absolute atomic E-state index is 0.0636. The second kappa shape index (κ2) is 4.87. The number of amides is 1. The third-order valence-corrected chi connectivity index (χ3v) is 2.07. The van der Waals surface area contributed by atoms with Crippen LogP contribution in [0.2, 0.25) is 0 Å². The summed E-state index contributed by atoms with van der Waals surface area (Å²) in [5.41, 5.74) is 3.65. The number of hydrogen-bond acceptors (Lipinski definition) is 2. The molecule has 0 fully saturated rings. The minimum Gasteiger partial charge on any atom is -0.289 e. The van der Waals surface area contributed by atoms with Crippen LogP contribution in [-0.4, -0.2) is 18.3 Å². The summed E-state index contributed by atoms with van der Waals surface area (Å²) in [7, 11) is 1.80. The van der Waals surface area contributed by atoms with Crippen LogP contribution in [0, 0.1) is 0 Å². The first-order valence-electron chi connectivity index (χ1n) is 3.88. The Morgan fingerprint density at radius 1 is 1.46 bits per heavy atom. The van der Waals surface area contributed by atoms with Crippen LogP contribution in [-0.2, 0) is 4.79 Å². The van der Waals surface area contributed by atoms with E-state index >= 15 is 0 Å². The maximum atomic E-state index is 11.0. The Kier molecular flexibility index (Phi) is 3.76. The van der Waals surface area contributed by atoms with Gasteiger partial charge in [0.05, 0.1) is 11.0 Å². The van der Waals surface area contributed by atoms with Gasteiger partial charge in [0.25, 0.3) is 0 Å². The Hall–Kier alpha value is -1.03. The Labute approximate surface area is 85.8 Å².